The highest BCUT2D eigenvalue weighted by atomic mass is 32.1. The van der Waals surface area contributed by atoms with Crippen molar-refractivity contribution in [1.82, 2.24) is 4.98 Å². The lowest BCUT2D eigenvalue weighted by atomic mass is 9.86. The third-order valence-electron chi connectivity index (χ3n) is 3.21. The molecule has 1 heterocycles. The predicted molar refractivity (Wildman–Crippen MR) is 89.6 cm³/mol. The van der Waals surface area contributed by atoms with Crippen LogP contribution < -0.4 is 5.32 Å². The average molecular weight is 288 g/mol. The summed E-state index contributed by atoms with van der Waals surface area (Å²) in [5, 5.41) is 6.51. The molecule has 20 heavy (non-hydrogen) atoms. The zero-order chi connectivity index (χ0) is 14.8. The molecule has 108 valence electrons. The van der Waals surface area contributed by atoms with Crippen LogP contribution in [-0.2, 0) is 5.41 Å². The van der Waals surface area contributed by atoms with Gasteiger partial charge >= 0.3 is 0 Å². The lowest BCUT2D eigenvalue weighted by Crippen LogP contribution is -2.10. The van der Waals surface area contributed by atoms with Crippen molar-refractivity contribution in [3.05, 3.63) is 35.2 Å². The van der Waals surface area contributed by atoms with Crippen molar-refractivity contribution in [2.45, 2.75) is 40.0 Å². The summed E-state index contributed by atoms with van der Waals surface area (Å²) >= 11 is 1.67. The number of nitrogens with zero attached hydrogens (tertiary/aromatic N) is 1. The fourth-order valence-electron chi connectivity index (χ4n) is 1.92. The Morgan fingerprint density at radius 3 is 2.35 bits per heavy atom. The van der Waals surface area contributed by atoms with E-state index in [9.17, 15) is 0 Å². The zero-order valence-electron chi connectivity index (χ0n) is 13.0. The van der Waals surface area contributed by atoms with Crippen LogP contribution in [0.5, 0.6) is 0 Å². The van der Waals surface area contributed by atoms with Gasteiger partial charge in [0.2, 0.25) is 0 Å². The van der Waals surface area contributed by atoms with Crippen molar-refractivity contribution >= 4 is 16.5 Å². The highest BCUT2D eigenvalue weighted by Gasteiger charge is 2.13. The van der Waals surface area contributed by atoms with Gasteiger partial charge in [0.1, 0.15) is 0 Å². The smallest absolute Gasteiger partial charge is 0.183 e. The SMILES string of the molecule is CC(C)CNc1nc(-c2ccc(C(C)(C)C)cc2)cs1. The number of nitrogens with one attached hydrogen (secondary N) is 1. The van der Waals surface area contributed by atoms with Gasteiger partial charge in [0.25, 0.3) is 0 Å². The molecule has 2 nitrogen and oxygen atoms in total. The van der Waals surface area contributed by atoms with Crippen LogP contribution in [0.3, 0.4) is 0 Å². The molecule has 0 saturated carbocycles. The second-order valence-corrected chi connectivity index (χ2v) is 7.50. The Labute approximate surface area is 126 Å². The van der Waals surface area contributed by atoms with Crippen molar-refractivity contribution < 1.29 is 0 Å². The van der Waals surface area contributed by atoms with Crippen molar-refractivity contribution in [2.24, 2.45) is 5.92 Å². The van der Waals surface area contributed by atoms with E-state index in [2.05, 4.69) is 74.6 Å². The fraction of sp³-hybridized carbons (Fsp3) is 0.471. The van der Waals surface area contributed by atoms with Crippen LogP contribution >= 0.6 is 11.3 Å². The van der Waals surface area contributed by atoms with E-state index in [0.29, 0.717) is 5.92 Å². The van der Waals surface area contributed by atoms with E-state index in [0.717, 1.165) is 17.4 Å². The standard InChI is InChI=1S/C17H24N2S/c1-12(2)10-18-16-19-15(11-20-16)13-6-8-14(9-7-13)17(3,4)5/h6-9,11-12H,10H2,1-5H3,(H,18,19). The van der Waals surface area contributed by atoms with Gasteiger partial charge in [-0.25, -0.2) is 4.98 Å². The van der Waals surface area contributed by atoms with Crippen LogP contribution in [0, 0.1) is 5.92 Å². The summed E-state index contributed by atoms with van der Waals surface area (Å²) in [4.78, 5) is 4.65. The first-order chi connectivity index (χ1) is 9.36. The highest BCUT2D eigenvalue weighted by Crippen LogP contribution is 2.28. The Hall–Kier alpha value is -1.35. The fourth-order valence-corrected chi connectivity index (χ4v) is 2.65. The molecule has 0 amide bonds. The molecule has 0 unspecified atom stereocenters. The third-order valence-corrected chi connectivity index (χ3v) is 4.01. The molecule has 2 rings (SSSR count). The van der Waals surface area contributed by atoms with Crippen molar-refractivity contribution in [1.29, 1.82) is 0 Å². The molecule has 0 aliphatic heterocycles. The Morgan fingerprint density at radius 1 is 1.15 bits per heavy atom. The third kappa shape index (κ3) is 3.83. The van der Waals surface area contributed by atoms with Gasteiger partial charge in [-0.1, -0.05) is 58.9 Å². The first kappa shape index (κ1) is 15.0. The largest absolute Gasteiger partial charge is 0.361 e. The maximum Gasteiger partial charge on any atom is 0.183 e. The average Bonchev–Trinajstić information content (AvgIpc) is 2.84. The summed E-state index contributed by atoms with van der Waals surface area (Å²) < 4.78 is 0. The van der Waals surface area contributed by atoms with Crippen LogP contribution in [0.1, 0.15) is 40.2 Å². The van der Waals surface area contributed by atoms with Gasteiger partial charge in [-0.15, -0.1) is 11.3 Å². The molecule has 1 N–H and O–H groups in total. The Balaban J connectivity index is 2.12. The van der Waals surface area contributed by atoms with Gasteiger partial charge in [0.05, 0.1) is 5.69 Å². The maximum atomic E-state index is 4.65. The summed E-state index contributed by atoms with van der Waals surface area (Å²) in [5.41, 5.74) is 3.80. The van der Waals surface area contributed by atoms with E-state index in [4.69, 9.17) is 0 Å². The topological polar surface area (TPSA) is 24.9 Å². The van der Waals surface area contributed by atoms with Crippen molar-refractivity contribution in [2.75, 3.05) is 11.9 Å². The van der Waals surface area contributed by atoms with Crippen LogP contribution in [0.25, 0.3) is 11.3 Å². The van der Waals surface area contributed by atoms with Crippen LogP contribution in [0.15, 0.2) is 29.6 Å². The van der Waals surface area contributed by atoms with E-state index in [1.165, 1.54) is 11.1 Å². The van der Waals surface area contributed by atoms with Gasteiger partial charge in [-0.3, -0.25) is 0 Å². The molecule has 0 aliphatic rings. The summed E-state index contributed by atoms with van der Waals surface area (Å²) in [6.45, 7) is 12.1. The first-order valence-electron chi connectivity index (χ1n) is 7.16. The summed E-state index contributed by atoms with van der Waals surface area (Å²) in [6, 6.07) is 8.75. The Kier molecular flexibility index (Phi) is 4.48. The zero-order valence-corrected chi connectivity index (χ0v) is 13.8. The second kappa shape index (κ2) is 5.96. The van der Waals surface area contributed by atoms with Crippen molar-refractivity contribution in [3.8, 4) is 11.3 Å². The van der Waals surface area contributed by atoms with E-state index < -0.39 is 0 Å². The van der Waals surface area contributed by atoms with E-state index in [1.807, 2.05) is 0 Å². The Bertz CT molecular complexity index is 547. The van der Waals surface area contributed by atoms with Crippen molar-refractivity contribution in [3.63, 3.8) is 0 Å². The number of hydrogen-bond acceptors (Lipinski definition) is 3. The molecule has 2 aromatic rings. The monoisotopic (exact) mass is 288 g/mol. The predicted octanol–water partition coefficient (Wildman–Crippen LogP) is 5.18. The maximum absolute atomic E-state index is 4.65. The molecule has 0 spiro atoms. The van der Waals surface area contributed by atoms with E-state index in [1.54, 1.807) is 11.3 Å². The minimum Gasteiger partial charge on any atom is -0.361 e. The quantitative estimate of drug-likeness (QED) is 0.839. The molecule has 3 heteroatoms. The molecule has 0 atom stereocenters. The number of hydrogen-bond donors (Lipinski definition) is 1. The van der Waals surface area contributed by atoms with Crippen LogP contribution in [-0.4, -0.2) is 11.5 Å². The molecule has 0 bridgehead atoms. The number of rotatable bonds is 4. The normalized spacial score (nSPS) is 11.9. The van der Waals surface area contributed by atoms with Gasteiger partial charge in [-0.05, 0) is 16.9 Å². The Morgan fingerprint density at radius 2 is 1.80 bits per heavy atom. The summed E-state index contributed by atoms with van der Waals surface area (Å²) in [6.07, 6.45) is 0. The van der Waals surface area contributed by atoms with E-state index in [-0.39, 0.29) is 5.41 Å². The lowest BCUT2D eigenvalue weighted by molar-refractivity contribution is 0.590. The van der Waals surface area contributed by atoms with Gasteiger partial charge in [-0.2, -0.15) is 0 Å². The molecular formula is C17H24N2S. The number of thiazole rings is 1. The first-order valence-corrected chi connectivity index (χ1v) is 8.04. The molecule has 1 aromatic carbocycles. The van der Waals surface area contributed by atoms with Gasteiger partial charge < -0.3 is 5.32 Å². The second-order valence-electron chi connectivity index (χ2n) is 6.64. The van der Waals surface area contributed by atoms with Crippen LogP contribution in [0.2, 0.25) is 0 Å². The summed E-state index contributed by atoms with van der Waals surface area (Å²) in [5.74, 6) is 0.633. The molecule has 0 saturated heterocycles. The molecule has 1 aromatic heterocycles. The molecule has 0 aliphatic carbocycles. The summed E-state index contributed by atoms with van der Waals surface area (Å²) in [7, 11) is 0. The van der Waals surface area contributed by atoms with Crippen LogP contribution in [0.4, 0.5) is 5.13 Å². The molecular weight excluding hydrogens is 264 g/mol. The number of aromatic nitrogens is 1. The minimum atomic E-state index is 0.199. The van der Waals surface area contributed by atoms with E-state index >= 15 is 0 Å². The highest BCUT2D eigenvalue weighted by molar-refractivity contribution is 7.14. The number of anilines is 1. The number of benzene rings is 1. The lowest BCUT2D eigenvalue weighted by Gasteiger charge is -2.18. The molecule has 0 fully saturated rings. The van der Waals surface area contributed by atoms with Gasteiger partial charge in [0.15, 0.2) is 5.13 Å². The molecule has 0 radical (unpaired) electrons. The minimum absolute atomic E-state index is 0.199. The van der Waals surface area contributed by atoms with Gasteiger partial charge in [0, 0.05) is 17.5 Å².